The van der Waals surface area contributed by atoms with Crippen LogP contribution in [0.5, 0.6) is 0 Å². The zero-order valence-corrected chi connectivity index (χ0v) is 13.0. The van der Waals surface area contributed by atoms with Crippen molar-refractivity contribution in [1.82, 2.24) is 4.90 Å². The van der Waals surface area contributed by atoms with E-state index in [4.69, 9.17) is 22.1 Å². The number of hydrogen-bond acceptors (Lipinski definition) is 3. The molecule has 1 aromatic carbocycles. The Kier molecular flexibility index (Phi) is 6.59. The monoisotopic (exact) mass is 318 g/mol. The SMILES string of the molecule is CCN(CC1CCCO1)C(=O)c1ccc(N)cc1Cl.Cl. The third-order valence-electron chi connectivity index (χ3n) is 3.34. The quantitative estimate of drug-likeness (QED) is 0.868. The number of nitrogen functional groups attached to an aromatic ring is 1. The third-order valence-corrected chi connectivity index (χ3v) is 3.65. The summed E-state index contributed by atoms with van der Waals surface area (Å²) < 4.78 is 5.57. The first-order chi connectivity index (χ1) is 9.11. The normalized spacial score (nSPS) is 17.6. The fourth-order valence-corrected chi connectivity index (χ4v) is 2.53. The van der Waals surface area contributed by atoms with Crippen LogP contribution in [0.4, 0.5) is 5.69 Å². The lowest BCUT2D eigenvalue weighted by molar-refractivity contribution is 0.0539. The first-order valence-corrected chi connectivity index (χ1v) is 6.95. The van der Waals surface area contributed by atoms with E-state index in [1.54, 1.807) is 23.1 Å². The number of halogens is 2. The lowest BCUT2D eigenvalue weighted by Gasteiger charge is -2.24. The highest BCUT2D eigenvalue weighted by atomic mass is 35.5. The molecule has 4 nitrogen and oxygen atoms in total. The Morgan fingerprint density at radius 1 is 1.55 bits per heavy atom. The number of carbonyl (C=O) groups excluding carboxylic acids is 1. The summed E-state index contributed by atoms with van der Waals surface area (Å²) >= 11 is 6.08. The molecule has 6 heteroatoms. The molecule has 2 N–H and O–H groups in total. The average molecular weight is 319 g/mol. The van der Waals surface area contributed by atoms with Crippen molar-refractivity contribution in [1.29, 1.82) is 0 Å². The molecule has 1 fully saturated rings. The summed E-state index contributed by atoms with van der Waals surface area (Å²) in [7, 11) is 0. The van der Waals surface area contributed by atoms with Crippen LogP contribution < -0.4 is 5.73 Å². The molecular weight excluding hydrogens is 299 g/mol. The number of nitrogens with two attached hydrogens (primary N) is 1. The summed E-state index contributed by atoms with van der Waals surface area (Å²) in [6, 6.07) is 4.98. The fraction of sp³-hybridized carbons (Fsp3) is 0.500. The lowest BCUT2D eigenvalue weighted by atomic mass is 10.1. The first kappa shape index (κ1) is 17.1. The molecule has 1 atom stereocenters. The van der Waals surface area contributed by atoms with Gasteiger partial charge < -0.3 is 15.4 Å². The summed E-state index contributed by atoms with van der Waals surface area (Å²) in [5.74, 6) is -0.0667. The zero-order valence-electron chi connectivity index (χ0n) is 11.5. The minimum atomic E-state index is -0.0667. The molecule has 0 spiro atoms. The predicted octanol–water partition coefficient (Wildman–Crippen LogP) is 2.99. The molecule has 2 rings (SSSR count). The van der Waals surface area contributed by atoms with E-state index in [1.807, 2.05) is 6.92 Å². The van der Waals surface area contributed by atoms with Crippen LogP contribution in [0.1, 0.15) is 30.1 Å². The van der Waals surface area contributed by atoms with Gasteiger partial charge in [-0.15, -0.1) is 12.4 Å². The van der Waals surface area contributed by atoms with E-state index in [0.29, 0.717) is 29.4 Å². The molecular formula is C14H20Cl2N2O2. The van der Waals surface area contributed by atoms with Crippen LogP contribution in [-0.4, -0.2) is 36.6 Å². The predicted molar refractivity (Wildman–Crippen MR) is 83.7 cm³/mol. The molecule has 1 aliphatic rings. The van der Waals surface area contributed by atoms with Gasteiger partial charge in [-0.05, 0) is 38.0 Å². The second kappa shape index (κ2) is 7.72. The summed E-state index contributed by atoms with van der Waals surface area (Å²) in [6.07, 6.45) is 2.23. The molecule has 0 aromatic heterocycles. The standard InChI is InChI=1S/C14H19ClN2O2.ClH/c1-2-17(9-11-4-3-7-19-11)14(18)12-6-5-10(16)8-13(12)15;/h5-6,8,11H,2-4,7,9,16H2,1H3;1H. The number of amides is 1. The van der Waals surface area contributed by atoms with E-state index < -0.39 is 0 Å². The van der Waals surface area contributed by atoms with Gasteiger partial charge in [0.05, 0.1) is 16.7 Å². The lowest BCUT2D eigenvalue weighted by Crippen LogP contribution is -2.37. The van der Waals surface area contributed by atoms with Crippen LogP contribution in [0, 0.1) is 0 Å². The number of likely N-dealkylation sites (N-methyl/N-ethyl adjacent to an activating group) is 1. The molecule has 1 amide bonds. The molecule has 112 valence electrons. The van der Waals surface area contributed by atoms with Crippen molar-refractivity contribution in [2.45, 2.75) is 25.9 Å². The molecule has 0 aliphatic carbocycles. The number of hydrogen-bond donors (Lipinski definition) is 1. The molecule has 1 unspecified atom stereocenters. The first-order valence-electron chi connectivity index (χ1n) is 6.57. The maximum absolute atomic E-state index is 12.4. The molecule has 20 heavy (non-hydrogen) atoms. The Bertz CT molecular complexity index is 462. The summed E-state index contributed by atoms with van der Waals surface area (Å²) in [4.78, 5) is 14.2. The largest absolute Gasteiger partial charge is 0.399 e. The van der Waals surface area contributed by atoms with Crippen molar-refractivity contribution in [3.8, 4) is 0 Å². The van der Waals surface area contributed by atoms with Gasteiger partial charge in [0.2, 0.25) is 0 Å². The number of ether oxygens (including phenoxy) is 1. The van der Waals surface area contributed by atoms with E-state index in [-0.39, 0.29) is 24.4 Å². The number of rotatable bonds is 4. The van der Waals surface area contributed by atoms with Gasteiger partial charge in [0.15, 0.2) is 0 Å². The third kappa shape index (κ3) is 4.01. The fourth-order valence-electron chi connectivity index (χ4n) is 2.26. The van der Waals surface area contributed by atoms with Gasteiger partial charge in [0.25, 0.3) is 5.91 Å². The van der Waals surface area contributed by atoms with Crippen molar-refractivity contribution in [2.24, 2.45) is 0 Å². The van der Waals surface area contributed by atoms with Crippen LogP contribution in [0.25, 0.3) is 0 Å². The Hall–Kier alpha value is -0.970. The molecule has 1 heterocycles. The van der Waals surface area contributed by atoms with E-state index >= 15 is 0 Å². The van der Waals surface area contributed by atoms with Crippen LogP contribution in [0.2, 0.25) is 5.02 Å². The van der Waals surface area contributed by atoms with Crippen LogP contribution in [0.15, 0.2) is 18.2 Å². The Labute approximate surface area is 130 Å². The molecule has 0 bridgehead atoms. The molecule has 0 saturated carbocycles. The average Bonchev–Trinajstić information content (AvgIpc) is 2.88. The highest BCUT2D eigenvalue weighted by Crippen LogP contribution is 2.22. The highest BCUT2D eigenvalue weighted by Gasteiger charge is 2.23. The maximum Gasteiger partial charge on any atom is 0.255 e. The Morgan fingerprint density at radius 3 is 2.85 bits per heavy atom. The summed E-state index contributed by atoms with van der Waals surface area (Å²) in [5.41, 5.74) is 6.69. The molecule has 1 aliphatic heterocycles. The number of carbonyl (C=O) groups is 1. The van der Waals surface area contributed by atoms with Gasteiger partial charge in [0, 0.05) is 25.4 Å². The molecule has 0 radical (unpaired) electrons. The van der Waals surface area contributed by atoms with Gasteiger partial charge in [-0.1, -0.05) is 11.6 Å². The van der Waals surface area contributed by atoms with Gasteiger partial charge in [0.1, 0.15) is 0 Å². The second-order valence-electron chi connectivity index (χ2n) is 4.72. The van der Waals surface area contributed by atoms with Crippen LogP contribution in [0.3, 0.4) is 0 Å². The van der Waals surface area contributed by atoms with E-state index in [0.717, 1.165) is 19.4 Å². The van der Waals surface area contributed by atoms with Crippen molar-refractivity contribution in [3.63, 3.8) is 0 Å². The van der Waals surface area contributed by atoms with Crippen molar-refractivity contribution < 1.29 is 9.53 Å². The van der Waals surface area contributed by atoms with E-state index in [9.17, 15) is 4.79 Å². The van der Waals surface area contributed by atoms with Crippen LogP contribution >= 0.6 is 24.0 Å². The maximum atomic E-state index is 12.4. The van der Waals surface area contributed by atoms with E-state index in [1.165, 1.54) is 0 Å². The van der Waals surface area contributed by atoms with Crippen LogP contribution in [-0.2, 0) is 4.74 Å². The minimum absolute atomic E-state index is 0. The van der Waals surface area contributed by atoms with Gasteiger partial charge in [-0.3, -0.25) is 4.79 Å². The zero-order chi connectivity index (χ0) is 13.8. The van der Waals surface area contributed by atoms with Crippen molar-refractivity contribution in [2.75, 3.05) is 25.4 Å². The number of benzene rings is 1. The summed E-state index contributed by atoms with van der Waals surface area (Å²) in [5, 5.41) is 0.399. The van der Waals surface area contributed by atoms with Crippen molar-refractivity contribution >= 4 is 35.6 Å². The highest BCUT2D eigenvalue weighted by molar-refractivity contribution is 6.34. The van der Waals surface area contributed by atoms with Gasteiger partial charge >= 0.3 is 0 Å². The molecule has 1 aromatic rings. The van der Waals surface area contributed by atoms with E-state index in [2.05, 4.69) is 0 Å². The summed E-state index contributed by atoms with van der Waals surface area (Å²) in [6.45, 7) is 4.01. The minimum Gasteiger partial charge on any atom is -0.399 e. The topological polar surface area (TPSA) is 55.6 Å². The second-order valence-corrected chi connectivity index (χ2v) is 5.13. The number of nitrogens with zero attached hydrogens (tertiary/aromatic N) is 1. The van der Waals surface area contributed by atoms with Crippen molar-refractivity contribution in [3.05, 3.63) is 28.8 Å². The van der Waals surface area contributed by atoms with Gasteiger partial charge in [-0.25, -0.2) is 0 Å². The molecule has 1 saturated heterocycles. The number of anilines is 1. The van der Waals surface area contributed by atoms with Gasteiger partial charge in [-0.2, -0.15) is 0 Å². The Balaban J connectivity index is 0.00000200. The smallest absolute Gasteiger partial charge is 0.255 e. The Morgan fingerprint density at radius 2 is 2.30 bits per heavy atom.